The van der Waals surface area contributed by atoms with Gasteiger partial charge in [0.15, 0.2) is 0 Å². The average molecular weight is 493 g/mol. The number of anilines is 1. The molecule has 0 radical (unpaired) electrons. The minimum absolute atomic E-state index is 0.0989. The zero-order valence-electron chi connectivity index (χ0n) is 18.5. The summed E-state index contributed by atoms with van der Waals surface area (Å²) in [7, 11) is -4.26. The van der Waals surface area contributed by atoms with Crippen LogP contribution in [0.25, 0.3) is 0 Å². The molecule has 0 spiro atoms. The third-order valence-electron chi connectivity index (χ3n) is 5.37. The minimum atomic E-state index is -4.26. The van der Waals surface area contributed by atoms with E-state index in [4.69, 9.17) is 0 Å². The Kier molecular flexibility index (Phi) is 7.22. The maximum atomic E-state index is 13.5. The lowest BCUT2D eigenvalue weighted by Crippen LogP contribution is -2.42. The first-order chi connectivity index (χ1) is 16.8. The van der Waals surface area contributed by atoms with Gasteiger partial charge >= 0.3 is 0 Å². The van der Waals surface area contributed by atoms with Gasteiger partial charge in [-0.3, -0.25) is 9.10 Å². The lowest BCUT2D eigenvalue weighted by atomic mass is 9.99. The van der Waals surface area contributed by atoms with Crippen molar-refractivity contribution in [2.24, 2.45) is 0 Å². The van der Waals surface area contributed by atoms with E-state index in [2.05, 4.69) is 5.32 Å². The number of carbonyl (C=O) groups excluding carboxylic acids is 1. The molecule has 0 unspecified atom stereocenters. The fourth-order valence-corrected chi connectivity index (χ4v) is 5.06. The van der Waals surface area contributed by atoms with E-state index < -0.39 is 40.2 Å². The van der Waals surface area contributed by atoms with Crippen molar-refractivity contribution in [2.75, 3.05) is 10.8 Å². The largest absolute Gasteiger partial charge is 0.344 e. The van der Waals surface area contributed by atoms with Crippen LogP contribution < -0.4 is 9.62 Å². The quantitative estimate of drug-likeness (QED) is 0.374. The van der Waals surface area contributed by atoms with Crippen LogP contribution in [0.3, 0.4) is 0 Å². The predicted octanol–water partition coefficient (Wildman–Crippen LogP) is 5.07. The van der Waals surface area contributed by atoms with E-state index in [1.54, 1.807) is 0 Å². The zero-order chi connectivity index (χ0) is 24.8. The van der Waals surface area contributed by atoms with Gasteiger partial charge < -0.3 is 5.32 Å². The Labute approximate surface area is 202 Å². The Balaban J connectivity index is 1.67. The molecule has 4 rings (SSSR count). The molecule has 0 aliphatic heterocycles. The molecule has 178 valence electrons. The summed E-state index contributed by atoms with van der Waals surface area (Å²) in [6.45, 7) is -0.568. The van der Waals surface area contributed by atoms with Crippen molar-refractivity contribution in [1.29, 1.82) is 0 Å². The number of hydrogen-bond donors (Lipinski definition) is 1. The van der Waals surface area contributed by atoms with Gasteiger partial charge in [0.1, 0.15) is 18.2 Å². The Bertz CT molecular complexity index is 1340. The third kappa shape index (κ3) is 5.73. The van der Waals surface area contributed by atoms with E-state index in [1.165, 1.54) is 12.1 Å². The van der Waals surface area contributed by atoms with Crippen molar-refractivity contribution in [1.82, 2.24) is 5.32 Å². The van der Waals surface area contributed by atoms with Crippen LogP contribution in [0.15, 0.2) is 114 Å². The molecule has 1 N–H and O–H groups in total. The summed E-state index contributed by atoms with van der Waals surface area (Å²) in [5.41, 5.74) is 1.74. The molecule has 0 saturated heterocycles. The summed E-state index contributed by atoms with van der Waals surface area (Å²) in [6.07, 6.45) is 0. The fraction of sp³-hybridized carbons (Fsp3) is 0.0741. The smallest absolute Gasteiger partial charge is 0.264 e. The number of amides is 1. The highest BCUT2D eigenvalue weighted by Gasteiger charge is 2.28. The summed E-state index contributed by atoms with van der Waals surface area (Å²) in [5.74, 6) is -1.72. The highest BCUT2D eigenvalue weighted by atomic mass is 32.2. The summed E-state index contributed by atoms with van der Waals surface area (Å²) < 4.78 is 54.7. The monoisotopic (exact) mass is 492 g/mol. The van der Waals surface area contributed by atoms with Crippen molar-refractivity contribution < 1.29 is 22.0 Å². The number of halogens is 2. The first kappa shape index (κ1) is 24.1. The van der Waals surface area contributed by atoms with E-state index >= 15 is 0 Å². The molecule has 1 amide bonds. The molecule has 0 aliphatic carbocycles. The van der Waals surface area contributed by atoms with Gasteiger partial charge in [-0.1, -0.05) is 60.7 Å². The highest BCUT2D eigenvalue weighted by molar-refractivity contribution is 7.92. The van der Waals surface area contributed by atoms with E-state index in [-0.39, 0.29) is 10.6 Å². The van der Waals surface area contributed by atoms with Crippen molar-refractivity contribution >= 4 is 21.6 Å². The Morgan fingerprint density at radius 2 is 1.17 bits per heavy atom. The van der Waals surface area contributed by atoms with Gasteiger partial charge in [0, 0.05) is 0 Å². The minimum Gasteiger partial charge on any atom is -0.344 e. The molecule has 0 fully saturated rings. The summed E-state index contributed by atoms with van der Waals surface area (Å²) in [4.78, 5) is 13.0. The molecular weight excluding hydrogens is 470 g/mol. The Hall–Kier alpha value is -4.04. The second kappa shape index (κ2) is 10.5. The maximum absolute atomic E-state index is 13.5. The van der Waals surface area contributed by atoms with Crippen LogP contribution >= 0.6 is 0 Å². The van der Waals surface area contributed by atoms with Gasteiger partial charge in [0.05, 0.1) is 16.6 Å². The summed E-state index contributed by atoms with van der Waals surface area (Å²) in [6, 6.07) is 27.1. The molecule has 4 aromatic rings. The first-order valence-corrected chi connectivity index (χ1v) is 12.2. The lowest BCUT2D eigenvalue weighted by molar-refractivity contribution is -0.120. The molecule has 0 heterocycles. The van der Waals surface area contributed by atoms with Crippen molar-refractivity contribution in [3.05, 3.63) is 132 Å². The van der Waals surface area contributed by atoms with Crippen molar-refractivity contribution in [3.8, 4) is 0 Å². The highest BCUT2D eigenvalue weighted by Crippen LogP contribution is 2.26. The van der Waals surface area contributed by atoms with Gasteiger partial charge in [-0.05, 0) is 59.7 Å². The summed E-state index contributed by atoms with van der Waals surface area (Å²) in [5, 5.41) is 2.91. The molecule has 8 heteroatoms. The van der Waals surface area contributed by atoms with Crippen LogP contribution in [-0.2, 0) is 14.8 Å². The first-order valence-electron chi connectivity index (χ1n) is 10.8. The normalized spacial score (nSPS) is 11.3. The maximum Gasteiger partial charge on any atom is 0.264 e. The van der Waals surface area contributed by atoms with Gasteiger partial charge in [-0.25, -0.2) is 17.2 Å². The van der Waals surface area contributed by atoms with Crippen LogP contribution in [0.5, 0.6) is 0 Å². The second-order valence-electron chi connectivity index (χ2n) is 7.76. The van der Waals surface area contributed by atoms with Gasteiger partial charge in [-0.15, -0.1) is 0 Å². The Morgan fingerprint density at radius 3 is 1.66 bits per heavy atom. The topological polar surface area (TPSA) is 66.5 Å². The Morgan fingerprint density at radius 1 is 0.714 bits per heavy atom. The van der Waals surface area contributed by atoms with Crippen LogP contribution in [0.2, 0.25) is 0 Å². The molecule has 5 nitrogen and oxygen atoms in total. The molecule has 0 saturated carbocycles. The van der Waals surface area contributed by atoms with Gasteiger partial charge in [0.25, 0.3) is 10.0 Å². The fourth-order valence-electron chi connectivity index (χ4n) is 3.64. The number of sulfonamides is 1. The van der Waals surface area contributed by atoms with Crippen molar-refractivity contribution in [3.63, 3.8) is 0 Å². The number of rotatable bonds is 8. The lowest BCUT2D eigenvalue weighted by Gasteiger charge is -2.26. The number of nitrogens with one attached hydrogen (secondary N) is 1. The standard InChI is InChI=1S/C27H22F2N2O3S/c28-22-11-15-24(16-12-22)31(35(33,34)25-17-13-23(29)14-18-25)19-26(32)30-27(20-7-3-1-4-8-20)21-9-5-2-6-10-21/h1-18,27H,19H2,(H,30,32). The van der Waals surface area contributed by atoms with Crippen molar-refractivity contribution in [2.45, 2.75) is 10.9 Å². The second-order valence-corrected chi connectivity index (χ2v) is 9.63. The number of benzene rings is 4. The summed E-state index contributed by atoms with van der Waals surface area (Å²) >= 11 is 0. The van der Waals surface area contributed by atoms with Gasteiger partial charge in [0.2, 0.25) is 5.91 Å². The zero-order valence-corrected chi connectivity index (χ0v) is 19.3. The van der Waals surface area contributed by atoms with E-state index in [9.17, 15) is 22.0 Å². The van der Waals surface area contributed by atoms with E-state index in [0.29, 0.717) is 0 Å². The van der Waals surface area contributed by atoms with Crippen LogP contribution in [-0.4, -0.2) is 20.9 Å². The third-order valence-corrected chi connectivity index (χ3v) is 7.16. The molecular formula is C27H22F2N2O3S. The number of carbonyl (C=O) groups is 1. The average Bonchev–Trinajstić information content (AvgIpc) is 2.88. The predicted molar refractivity (Wildman–Crippen MR) is 130 cm³/mol. The van der Waals surface area contributed by atoms with Crippen LogP contribution in [0.4, 0.5) is 14.5 Å². The number of nitrogens with zero attached hydrogens (tertiary/aromatic N) is 1. The van der Waals surface area contributed by atoms with Gasteiger partial charge in [-0.2, -0.15) is 0 Å². The SMILES string of the molecule is O=C(CN(c1ccc(F)cc1)S(=O)(=O)c1ccc(F)cc1)NC(c1ccccc1)c1ccccc1. The van der Waals surface area contributed by atoms with Crippen LogP contribution in [0.1, 0.15) is 17.2 Å². The van der Waals surface area contributed by atoms with Crippen LogP contribution in [0, 0.1) is 11.6 Å². The number of hydrogen-bond acceptors (Lipinski definition) is 3. The molecule has 0 aliphatic rings. The molecule has 0 atom stereocenters. The van der Waals surface area contributed by atoms with E-state index in [1.807, 2.05) is 60.7 Å². The van der Waals surface area contributed by atoms with E-state index in [0.717, 1.165) is 51.8 Å². The molecule has 4 aromatic carbocycles. The molecule has 35 heavy (non-hydrogen) atoms. The molecule has 0 bridgehead atoms. The molecule has 0 aromatic heterocycles.